The van der Waals surface area contributed by atoms with E-state index in [-0.39, 0.29) is 10.6 Å². The van der Waals surface area contributed by atoms with Gasteiger partial charge in [-0.1, -0.05) is 19.1 Å². The average molecular weight is 339 g/mol. The smallest absolute Gasteiger partial charge is 0.258 e. The summed E-state index contributed by atoms with van der Waals surface area (Å²) in [5.41, 5.74) is 3.32. The van der Waals surface area contributed by atoms with Crippen molar-refractivity contribution in [2.45, 2.75) is 39.0 Å². The Kier molecular flexibility index (Phi) is 4.72. The fourth-order valence-electron chi connectivity index (χ4n) is 3.02. The maximum Gasteiger partial charge on any atom is 0.273 e. The molecule has 2 aromatic rings. The highest BCUT2D eigenvalue weighted by atomic mass is 32.1. The molecule has 3 rings (SSSR count). The number of nitriles is 1. The molecule has 0 amide bonds. The Morgan fingerprint density at radius 1 is 1.42 bits per heavy atom. The predicted octanol–water partition coefficient (Wildman–Crippen LogP) is 4.72. The highest BCUT2D eigenvalue weighted by Crippen LogP contribution is 2.39. The van der Waals surface area contributed by atoms with Crippen LogP contribution in [0.1, 0.15) is 46.9 Å². The minimum Gasteiger partial charge on any atom is -0.258 e. The molecule has 1 heterocycles. The number of nitro benzene ring substituents is 1. The fourth-order valence-corrected chi connectivity index (χ4v) is 4.20. The van der Waals surface area contributed by atoms with Gasteiger partial charge in [0.05, 0.1) is 10.5 Å². The summed E-state index contributed by atoms with van der Waals surface area (Å²) in [4.78, 5) is 16.5. The quantitative estimate of drug-likeness (QED) is 0.459. The summed E-state index contributed by atoms with van der Waals surface area (Å²) in [7, 11) is 0. The second-order valence-electron chi connectivity index (χ2n) is 5.76. The van der Waals surface area contributed by atoms with Crippen molar-refractivity contribution in [2.24, 2.45) is 4.99 Å². The monoisotopic (exact) mass is 339 g/mol. The van der Waals surface area contributed by atoms with Crippen LogP contribution in [0.5, 0.6) is 0 Å². The van der Waals surface area contributed by atoms with E-state index in [1.807, 2.05) is 13.0 Å². The number of rotatable bonds is 4. The van der Waals surface area contributed by atoms with Crippen LogP contribution in [0, 0.1) is 21.4 Å². The number of nitrogens with zero attached hydrogens (tertiary/aromatic N) is 3. The maximum atomic E-state index is 11.2. The standard InChI is InChI=1S/C18H17N3O2S/c1-2-13-8-7-12(9-16(13)21(22)23)11-20-18-15(10-19)14-5-3-4-6-17(14)24-18/h7-9,11H,2-6H2,1H3. The van der Waals surface area contributed by atoms with Crippen LogP contribution in [0.25, 0.3) is 0 Å². The molecule has 1 aliphatic carbocycles. The van der Waals surface area contributed by atoms with E-state index in [9.17, 15) is 15.4 Å². The van der Waals surface area contributed by atoms with Crippen LogP contribution in [0.4, 0.5) is 10.7 Å². The van der Waals surface area contributed by atoms with Crippen molar-refractivity contribution in [3.05, 3.63) is 55.4 Å². The molecule has 122 valence electrons. The van der Waals surface area contributed by atoms with Gasteiger partial charge in [0.25, 0.3) is 5.69 Å². The van der Waals surface area contributed by atoms with Gasteiger partial charge in [-0.25, -0.2) is 4.99 Å². The zero-order chi connectivity index (χ0) is 17.1. The largest absolute Gasteiger partial charge is 0.273 e. The lowest BCUT2D eigenvalue weighted by atomic mass is 9.96. The molecule has 1 aromatic carbocycles. The molecule has 24 heavy (non-hydrogen) atoms. The first kappa shape index (κ1) is 16.3. The van der Waals surface area contributed by atoms with Gasteiger partial charge in [-0.15, -0.1) is 11.3 Å². The highest BCUT2D eigenvalue weighted by Gasteiger charge is 2.20. The van der Waals surface area contributed by atoms with Crippen molar-refractivity contribution in [2.75, 3.05) is 0 Å². The minimum absolute atomic E-state index is 0.118. The zero-order valence-electron chi connectivity index (χ0n) is 13.4. The van der Waals surface area contributed by atoms with Crippen molar-refractivity contribution >= 4 is 28.2 Å². The minimum atomic E-state index is -0.360. The lowest BCUT2D eigenvalue weighted by Crippen LogP contribution is -1.99. The van der Waals surface area contributed by atoms with E-state index in [0.29, 0.717) is 28.1 Å². The van der Waals surface area contributed by atoms with Gasteiger partial charge in [0.2, 0.25) is 0 Å². The topological polar surface area (TPSA) is 79.3 Å². The van der Waals surface area contributed by atoms with E-state index in [2.05, 4.69) is 11.1 Å². The molecule has 0 aliphatic heterocycles. The Labute approximate surface area is 144 Å². The molecule has 0 fully saturated rings. The van der Waals surface area contributed by atoms with Gasteiger partial charge in [0.15, 0.2) is 0 Å². The number of thiophene rings is 1. The lowest BCUT2D eigenvalue weighted by molar-refractivity contribution is -0.385. The van der Waals surface area contributed by atoms with Crippen LogP contribution >= 0.6 is 11.3 Å². The second kappa shape index (κ2) is 6.93. The summed E-state index contributed by atoms with van der Waals surface area (Å²) in [6, 6.07) is 7.42. The van der Waals surface area contributed by atoms with E-state index in [0.717, 1.165) is 31.2 Å². The highest BCUT2D eigenvalue weighted by molar-refractivity contribution is 7.16. The summed E-state index contributed by atoms with van der Waals surface area (Å²) in [6.07, 6.45) is 6.47. The number of fused-ring (bicyclic) bond motifs is 1. The summed E-state index contributed by atoms with van der Waals surface area (Å²) in [6.45, 7) is 1.89. The first-order valence-electron chi connectivity index (χ1n) is 8.00. The Morgan fingerprint density at radius 3 is 2.92 bits per heavy atom. The number of aryl methyl sites for hydroxylation is 2. The molecule has 0 radical (unpaired) electrons. The van der Waals surface area contributed by atoms with Crippen LogP contribution < -0.4 is 0 Å². The van der Waals surface area contributed by atoms with Crippen molar-refractivity contribution < 1.29 is 4.92 Å². The SMILES string of the molecule is CCc1ccc(C=Nc2sc3c(c2C#N)CCCC3)cc1[N+](=O)[O-]. The van der Waals surface area contributed by atoms with Crippen LogP contribution in [0.2, 0.25) is 0 Å². The summed E-state index contributed by atoms with van der Waals surface area (Å²) in [5, 5.41) is 21.3. The number of hydrogen-bond acceptors (Lipinski definition) is 5. The van der Waals surface area contributed by atoms with E-state index in [1.165, 1.54) is 4.88 Å². The van der Waals surface area contributed by atoms with Crippen molar-refractivity contribution in [1.82, 2.24) is 0 Å². The van der Waals surface area contributed by atoms with Gasteiger partial charge in [0.1, 0.15) is 11.1 Å². The van der Waals surface area contributed by atoms with Gasteiger partial charge in [-0.3, -0.25) is 10.1 Å². The van der Waals surface area contributed by atoms with Crippen molar-refractivity contribution in [3.8, 4) is 6.07 Å². The fraction of sp³-hybridized carbons (Fsp3) is 0.333. The first-order valence-corrected chi connectivity index (χ1v) is 8.81. The third-order valence-electron chi connectivity index (χ3n) is 4.28. The Hall–Kier alpha value is -2.52. The summed E-state index contributed by atoms with van der Waals surface area (Å²) in [5.74, 6) is 0. The first-order chi connectivity index (χ1) is 11.6. The van der Waals surface area contributed by atoms with E-state index >= 15 is 0 Å². The number of nitro groups is 1. The Bertz CT molecular complexity index is 862. The van der Waals surface area contributed by atoms with E-state index in [4.69, 9.17) is 0 Å². The molecule has 0 bridgehead atoms. The van der Waals surface area contributed by atoms with Crippen LogP contribution in [-0.2, 0) is 19.3 Å². The predicted molar refractivity (Wildman–Crippen MR) is 95.4 cm³/mol. The van der Waals surface area contributed by atoms with Crippen LogP contribution in [-0.4, -0.2) is 11.1 Å². The molecule has 0 saturated heterocycles. The molecule has 1 aromatic heterocycles. The maximum absolute atomic E-state index is 11.2. The molecule has 0 saturated carbocycles. The van der Waals surface area contributed by atoms with Crippen molar-refractivity contribution in [3.63, 3.8) is 0 Å². The summed E-state index contributed by atoms with van der Waals surface area (Å²) >= 11 is 1.57. The zero-order valence-corrected chi connectivity index (χ0v) is 14.2. The molecule has 1 aliphatic rings. The lowest BCUT2D eigenvalue weighted by Gasteiger charge is -2.09. The molecule has 0 atom stereocenters. The van der Waals surface area contributed by atoms with Gasteiger partial charge < -0.3 is 0 Å². The molecule has 5 nitrogen and oxygen atoms in total. The molecular weight excluding hydrogens is 322 g/mol. The van der Waals surface area contributed by atoms with Crippen LogP contribution in [0.15, 0.2) is 23.2 Å². The third-order valence-corrected chi connectivity index (χ3v) is 5.48. The number of aliphatic imine (C=N–C) groups is 1. The number of benzene rings is 1. The van der Waals surface area contributed by atoms with Crippen molar-refractivity contribution in [1.29, 1.82) is 5.26 Å². The van der Waals surface area contributed by atoms with E-state index < -0.39 is 0 Å². The average Bonchev–Trinajstić information content (AvgIpc) is 2.97. The third kappa shape index (κ3) is 3.08. The van der Waals surface area contributed by atoms with E-state index in [1.54, 1.807) is 29.7 Å². The normalized spacial score (nSPS) is 13.7. The van der Waals surface area contributed by atoms with Gasteiger partial charge in [-0.05, 0) is 43.2 Å². The number of hydrogen-bond donors (Lipinski definition) is 0. The van der Waals surface area contributed by atoms with Gasteiger partial charge in [-0.2, -0.15) is 5.26 Å². The second-order valence-corrected chi connectivity index (χ2v) is 6.84. The Balaban J connectivity index is 1.94. The summed E-state index contributed by atoms with van der Waals surface area (Å²) < 4.78 is 0. The molecule has 6 heteroatoms. The molecular formula is C18H17N3O2S. The molecule has 0 N–H and O–H groups in total. The Morgan fingerprint density at radius 2 is 2.21 bits per heavy atom. The van der Waals surface area contributed by atoms with Crippen LogP contribution in [0.3, 0.4) is 0 Å². The molecule has 0 spiro atoms. The van der Waals surface area contributed by atoms with Gasteiger partial charge in [0, 0.05) is 22.7 Å². The molecule has 0 unspecified atom stereocenters. The van der Waals surface area contributed by atoms with Gasteiger partial charge >= 0.3 is 0 Å².